The van der Waals surface area contributed by atoms with Crippen LogP contribution in [0, 0.1) is 11.3 Å². The number of hydrogen-bond acceptors (Lipinski definition) is 4. The van der Waals surface area contributed by atoms with Crippen LogP contribution in [-0.2, 0) is 11.3 Å². The van der Waals surface area contributed by atoms with E-state index in [1.165, 1.54) is 7.11 Å². The lowest BCUT2D eigenvalue weighted by atomic mass is 9.98. The van der Waals surface area contributed by atoms with Crippen molar-refractivity contribution in [2.75, 3.05) is 7.11 Å². The number of benzene rings is 4. The second-order valence-corrected chi connectivity index (χ2v) is 8.71. The first kappa shape index (κ1) is 24.5. The summed E-state index contributed by atoms with van der Waals surface area (Å²) in [6, 6.07) is 39.7. The lowest BCUT2D eigenvalue weighted by Gasteiger charge is -2.14. The van der Waals surface area contributed by atoms with Crippen LogP contribution in [0.4, 0.5) is 5.82 Å². The van der Waals surface area contributed by atoms with E-state index in [1.54, 1.807) is 18.3 Å². The van der Waals surface area contributed by atoms with Gasteiger partial charge < -0.3 is 9.30 Å². The van der Waals surface area contributed by atoms with Gasteiger partial charge in [-0.1, -0.05) is 103 Å². The number of aliphatic imine (C=N–C) groups is 1. The summed E-state index contributed by atoms with van der Waals surface area (Å²) in [5.41, 5.74) is 6.62. The Morgan fingerprint density at radius 2 is 1.42 bits per heavy atom. The summed E-state index contributed by atoms with van der Waals surface area (Å²) in [4.78, 5) is 16.7. The van der Waals surface area contributed by atoms with Gasteiger partial charge in [-0.15, -0.1) is 0 Å². The van der Waals surface area contributed by atoms with Crippen molar-refractivity contribution in [2.45, 2.75) is 6.54 Å². The number of aromatic nitrogens is 1. The van der Waals surface area contributed by atoms with E-state index >= 15 is 0 Å². The fourth-order valence-electron chi connectivity index (χ4n) is 4.51. The number of carbonyl (C=O) groups is 1. The molecule has 0 radical (unpaired) electrons. The second-order valence-electron chi connectivity index (χ2n) is 8.71. The zero-order valence-electron chi connectivity index (χ0n) is 20.9. The molecular formula is C33H25N3O2. The number of hydrogen-bond donors (Lipinski definition) is 0. The van der Waals surface area contributed by atoms with Gasteiger partial charge in [0.25, 0.3) is 0 Å². The van der Waals surface area contributed by atoms with E-state index in [2.05, 4.69) is 34.9 Å². The van der Waals surface area contributed by atoms with Crippen LogP contribution in [0.3, 0.4) is 0 Å². The van der Waals surface area contributed by atoms with Crippen molar-refractivity contribution in [1.82, 2.24) is 4.57 Å². The van der Waals surface area contributed by atoms with Crippen molar-refractivity contribution < 1.29 is 9.53 Å². The van der Waals surface area contributed by atoms with Gasteiger partial charge in [0, 0.05) is 18.3 Å². The van der Waals surface area contributed by atoms with E-state index in [1.807, 2.05) is 78.9 Å². The Morgan fingerprint density at radius 3 is 2.00 bits per heavy atom. The highest BCUT2D eigenvalue weighted by molar-refractivity contribution is 5.93. The van der Waals surface area contributed by atoms with Crippen molar-refractivity contribution in [2.24, 2.45) is 4.99 Å². The van der Waals surface area contributed by atoms with Gasteiger partial charge in [-0.3, -0.25) is 0 Å². The van der Waals surface area contributed by atoms with Crippen LogP contribution in [0.2, 0.25) is 0 Å². The van der Waals surface area contributed by atoms with E-state index < -0.39 is 5.97 Å². The Labute approximate surface area is 221 Å². The van der Waals surface area contributed by atoms with Gasteiger partial charge in [0.05, 0.1) is 18.4 Å². The van der Waals surface area contributed by atoms with Crippen molar-refractivity contribution in [3.05, 3.63) is 138 Å². The Hall–Kier alpha value is -5.21. The Bertz CT molecular complexity index is 1610. The monoisotopic (exact) mass is 495 g/mol. The lowest BCUT2D eigenvalue weighted by Crippen LogP contribution is -2.02. The molecular weight excluding hydrogens is 470 g/mol. The van der Waals surface area contributed by atoms with Gasteiger partial charge in [-0.25, -0.2) is 9.79 Å². The number of nitrogens with zero attached hydrogens (tertiary/aromatic N) is 3. The molecule has 5 aromatic rings. The quantitative estimate of drug-likeness (QED) is 0.176. The maximum Gasteiger partial charge on any atom is 0.337 e. The van der Waals surface area contributed by atoms with Crippen LogP contribution in [0.25, 0.3) is 22.4 Å². The smallest absolute Gasteiger partial charge is 0.337 e. The van der Waals surface area contributed by atoms with Crippen LogP contribution in [0.1, 0.15) is 27.0 Å². The topological polar surface area (TPSA) is 67.4 Å². The van der Waals surface area contributed by atoms with Crippen LogP contribution in [0.5, 0.6) is 0 Å². The van der Waals surface area contributed by atoms with Crippen LogP contribution in [0.15, 0.2) is 120 Å². The van der Waals surface area contributed by atoms with E-state index in [4.69, 9.17) is 9.73 Å². The molecule has 0 aliphatic heterocycles. The first-order chi connectivity index (χ1) is 18.7. The molecule has 184 valence electrons. The summed E-state index contributed by atoms with van der Waals surface area (Å²) >= 11 is 0. The highest BCUT2D eigenvalue weighted by Gasteiger charge is 2.25. The zero-order chi connectivity index (χ0) is 26.3. The average Bonchev–Trinajstić information content (AvgIpc) is 3.30. The largest absolute Gasteiger partial charge is 0.465 e. The normalized spacial score (nSPS) is 10.8. The molecule has 38 heavy (non-hydrogen) atoms. The molecule has 1 heterocycles. The Morgan fingerprint density at radius 1 is 0.842 bits per heavy atom. The first-order valence-electron chi connectivity index (χ1n) is 12.2. The molecule has 0 saturated heterocycles. The van der Waals surface area contributed by atoms with Crippen LogP contribution < -0.4 is 0 Å². The van der Waals surface area contributed by atoms with E-state index in [-0.39, 0.29) is 0 Å². The standard InChI is InChI=1S/C33H25N3O2/c1-38-33(37)28-19-17-24(18-20-28)22-35-32-29(21-34)30(26-13-7-3-8-14-26)31(27-15-9-4-10-16-27)36(32)23-25-11-5-2-6-12-25/h2-20,22H,23H2,1H3/b35-22+. The number of rotatable bonds is 7. The van der Waals surface area contributed by atoms with Crippen molar-refractivity contribution in [3.8, 4) is 28.5 Å². The van der Waals surface area contributed by atoms with Gasteiger partial charge in [0.2, 0.25) is 0 Å². The van der Waals surface area contributed by atoms with Crippen molar-refractivity contribution >= 4 is 18.0 Å². The molecule has 0 amide bonds. The minimum Gasteiger partial charge on any atom is -0.465 e. The zero-order valence-corrected chi connectivity index (χ0v) is 20.9. The van der Waals surface area contributed by atoms with Crippen molar-refractivity contribution in [1.29, 1.82) is 5.26 Å². The number of ether oxygens (including phenoxy) is 1. The number of carbonyl (C=O) groups excluding carboxylic acids is 1. The molecule has 0 atom stereocenters. The molecule has 0 spiro atoms. The van der Waals surface area contributed by atoms with Gasteiger partial charge in [0.1, 0.15) is 11.6 Å². The molecule has 5 nitrogen and oxygen atoms in total. The Balaban J connectivity index is 1.73. The number of methoxy groups -OCH3 is 1. The molecule has 4 aromatic carbocycles. The number of nitriles is 1. The predicted molar refractivity (Wildman–Crippen MR) is 151 cm³/mol. The summed E-state index contributed by atoms with van der Waals surface area (Å²) in [6.07, 6.45) is 1.72. The third-order valence-corrected chi connectivity index (χ3v) is 6.31. The molecule has 0 N–H and O–H groups in total. The van der Waals surface area contributed by atoms with E-state index in [9.17, 15) is 10.1 Å². The van der Waals surface area contributed by atoms with Gasteiger partial charge in [-0.2, -0.15) is 5.26 Å². The van der Waals surface area contributed by atoms with Gasteiger partial charge in [0.15, 0.2) is 5.82 Å². The summed E-state index contributed by atoms with van der Waals surface area (Å²) in [5.74, 6) is 0.183. The van der Waals surface area contributed by atoms with Crippen LogP contribution in [-0.4, -0.2) is 23.9 Å². The maximum absolute atomic E-state index is 11.8. The fraction of sp³-hybridized carbons (Fsp3) is 0.0606. The van der Waals surface area contributed by atoms with E-state index in [0.717, 1.165) is 33.5 Å². The Kier molecular flexibility index (Phi) is 7.24. The second kappa shape index (κ2) is 11.2. The predicted octanol–water partition coefficient (Wildman–Crippen LogP) is 7.28. The molecule has 0 bridgehead atoms. The average molecular weight is 496 g/mol. The van der Waals surface area contributed by atoms with Crippen LogP contribution >= 0.6 is 0 Å². The number of esters is 1. The van der Waals surface area contributed by atoms with Gasteiger partial charge >= 0.3 is 5.97 Å². The molecule has 5 heteroatoms. The lowest BCUT2D eigenvalue weighted by molar-refractivity contribution is 0.0600. The minimum absolute atomic E-state index is 0.392. The van der Waals surface area contributed by atoms with Gasteiger partial charge in [-0.05, 0) is 34.4 Å². The summed E-state index contributed by atoms with van der Waals surface area (Å²) in [7, 11) is 1.36. The molecule has 5 rings (SSSR count). The molecule has 0 aliphatic rings. The SMILES string of the molecule is COC(=O)c1ccc(/C=N/c2c(C#N)c(-c3ccccc3)c(-c3ccccc3)n2Cc2ccccc2)cc1. The highest BCUT2D eigenvalue weighted by Crippen LogP contribution is 2.43. The molecule has 0 fully saturated rings. The van der Waals surface area contributed by atoms with Crippen molar-refractivity contribution in [3.63, 3.8) is 0 Å². The maximum atomic E-state index is 11.8. The molecule has 1 aromatic heterocycles. The molecule has 0 saturated carbocycles. The summed E-state index contributed by atoms with van der Waals surface area (Å²) < 4.78 is 6.91. The fourth-order valence-corrected chi connectivity index (χ4v) is 4.51. The minimum atomic E-state index is -0.392. The first-order valence-corrected chi connectivity index (χ1v) is 12.2. The summed E-state index contributed by atoms with van der Waals surface area (Å²) in [5, 5.41) is 10.4. The highest BCUT2D eigenvalue weighted by atomic mass is 16.5. The third kappa shape index (κ3) is 5.02. The third-order valence-electron chi connectivity index (χ3n) is 6.31. The van der Waals surface area contributed by atoms with E-state index in [0.29, 0.717) is 23.5 Å². The summed E-state index contributed by atoms with van der Waals surface area (Å²) in [6.45, 7) is 0.542. The molecule has 0 aliphatic carbocycles. The molecule has 0 unspecified atom stereocenters.